The van der Waals surface area contributed by atoms with E-state index in [-0.39, 0.29) is 23.4 Å². The number of ether oxygens (including phenoxy) is 2. The summed E-state index contributed by atoms with van der Waals surface area (Å²) in [5.41, 5.74) is -1.70. The number of amides is 2. The minimum atomic E-state index is -2.03. The number of carbonyl (C=O) groups excluding carboxylic acids is 3. The van der Waals surface area contributed by atoms with Gasteiger partial charge in [-0.2, -0.15) is 0 Å². The van der Waals surface area contributed by atoms with Crippen molar-refractivity contribution in [3.63, 3.8) is 0 Å². The molecule has 7 nitrogen and oxygen atoms in total. The van der Waals surface area contributed by atoms with Crippen molar-refractivity contribution < 1.29 is 23.9 Å². The summed E-state index contributed by atoms with van der Waals surface area (Å²) in [6.45, 7) is 0. The summed E-state index contributed by atoms with van der Waals surface area (Å²) in [6.07, 6.45) is -0.00621. The highest BCUT2D eigenvalue weighted by atomic mass is 16.6. The van der Waals surface area contributed by atoms with Crippen LogP contribution in [-0.4, -0.2) is 36.3 Å². The van der Waals surface area contributed by atoms with Crippen LogP contribution in [0.1, 0.15) is 27.0 Å². The van der Waals surface area contributed by atoms with Crippen LogP contribution in [-0.2, 0) is 31.1 Å². The van der Waals surface area contributed by atoms with Crippen molar-refractivity contribution in [1.29, 1.82) is 0 Å². The highest BCUT2D eigenvalue weighted by Gasteiger charge is 2.73. The molecule has 4 aromatic carbocycles. The number of esters is 1. The molecule has 0 bridgehead atoms. The number of benzene rings is 4. The highest BCUT2D eigenvalue weighted by molar-refractivity contribution is 6.29. The first kappa shape index (κ1) is 24.3. The van der Waals surface area contributed by atoms with Crippen molar-refractivity contribution in [2.45, 2.75) is 17.6 Å². The van der Waals surface area contributed by atoms with Crippen molar-refractivity contribution in [2.75, 3.05) is 12.0 Å². The highest BCUT2D eigenvalue weighted by Crippen LogP contribution is 2.52. The molecule has 0 aromatic heterocycles. The number of rotatable bonds is 5. The molecule has 0 saturated carbocycles. The number of methoxy groups -OCH3 is 1. The Labute approximate surface area is 225 Å². The minimum absolute atomic E-state index is 0.00621. The van der Waals surface area contributed by atoms with E-state index in [1.54, 1.807) is 66.7 Å². The quantitative estimate of drug-likeness (QED) is 0.284. The standard InChI is InChI=1S/C32H24N2O5/c1-38-30(37)31(21-22-13-5-2-6-14-22)32(39-27(33-31)23-15-7-3-8-16-23)26-20-12-11-19-25(26)28(35)34(29(32)36)24-17-9-4-10-18-24/h2-20H,21H2,1H3/t31-,32-/m1/s1. The summed E-state index contributed by atoms with van der Waals surface area (Å²) in [7, 11) is 1.26. The van der Waals surface area contributed by atoms with E-state index in [9.17, 15) is 14.4 Å². The molecule has 2 heterocycles. The first-order chi connectivity index (χ1) is 19.0. The van der Waals surface area contributed by atoms with Crippen molar-refractivity contribution >= 4 is 29.4 Å². The van der Waals surface area contributed by atoms with Crippen LogP contribution in [0.2, 0.25) is 0 Å². The predicted molar refractivity (Wildman–Crippen MR) is 145 cm³/mol. The Kier molecular flexibility index (Phi) is 5.84. The van der Waals surface area contributed by atoms with Gasteiger partial charge < -0.3 is 9.47 Å². The average molecular weight is 517 g/mol. The maximum absolute atomic E-state index is 14.8. The Balaban J connectivity index is 1.68. The summed E-state index contributed by atoms with van der Waals surface area (Å²) in [5, 5.41) is 0. The van der Waals surface area contributed by atoms with Crippen LogP contribution < -0.4 is 4.90 Å². The van der Waals surface area contributed by atoms with Crippen molar-refractivity contribution in [3.8, 4) is 0 Å². The molecule has 192 valence electrons. The summed E-state index contributed by atoms with van der Waals surface area (Å²) in [4.78, 5) is 48.6. The number of imide groups is 1. The van der Waals surface area contributed by atoms with E-state index in [1.807, 2.05) is 48.5 Å². The van der Waals surface area contributed by atoms with Gasteiger partial charge in [0.2, 0.25) is 11.4 Å². The van der Waals surface area contributed by atoms with Gasteiger partial charge in [0.1, 0.15) is 0 Å². The Morgan fingerprint density at radius 1 is 0.821 bits per heavy atom. The normalized spacial score (nSPS) is 21.8. The second-order valence-corrected chi connectivity index (χ2v) is 9.41. The lowest BCUT2D eigenvalue weighted by molar-refractivity contribution is -0.162. The number of hydrogen-bond donors (Lipinski definition) is 0. The summed E-state index contributed by atoms with van der Waals surface area (Å²) < 4.78 is 12.0. The zero-order valence-electron chi connectivity index (χ0n) is 21.1. The molecule has 0 fully saturated rings. The monoisotopic (exact) mass is 516 g/mol. The van der Waals surface area contributed by atoms with Gasteiger partial charge >= 0.3 is 5.97 Å². The van der Waals surface area contributed by atoms with E-state index in [4.69, 9.17) is 14.5 Å². The second-order valence-electron chi connectivity index (χ2n) is 9.41. The molecule has 0 N–H and O–H groups in total. The maximum Gasteiger partial charge on any atom is 0.339 e. The number of fused-ring (bicyclic) bond motifs is 2. The number of hydrogen-bond acceptors (Lipinski definition) is 6. The maximum atomic E-state index is 14.8. The number of nitrogens with zero attached hydrogens (tertiary/aromatic N) is 2. The fourth-order valence-corrected chi connectivity index (χ4v) is 5.47. The van der Waals surface area contributed by atoms with E-state index in [1.165, 1.54) is 7.11 Å². The predicted octanol–water partition coefficient (Wildman–Crippen LogP) is 4.70. The van der Waals surface area contributed by atoms with Crippen LogP contribution in [0.3, 0.4) is 0 Å². The van der Waals surface area contributed by atoms with Gasteiger partial charge in [-0.15, -0.1) is 0 Å². The van der Waals surface area contributed by atoms with E-state index in [2.05, 4.69) is 0 Å². The van der Waals surface area contributed by atoms with Crippen LogP contribution in [0.4, 0.5) is 5.69 Å². The molecular weight excluding hydrogens is 492 g/mol. The molecule has 2 amide bonds. The van der Waals surface area contributed by atoms with Crippen molar-refractivity contribution in [3.05, 3.63) is 138 Å². The van der Waals surface area contributed by atoms with Crippen molar-refractivity contribution in [2.24, 2.45) is 4.99 Å². The Hall–Kier alpha value is -5.04. The molecule has 4 aromatic rings. The van der Waals surface area contributed by atoms with E-state index >= 15 is 0 Å². The fourth-order valence-electron chi connectivity index (χ4n) is 5.47. The second kappa shape index (κ2) is 9.36. The Bertz CT molecular complexity index is 1600. The zero-order valence-corrected chi connectivity index (χ0v) is 21.1. The van der Waals surface area contributed by atoms with E-state index in [0.717, 1.165) is 10.5 Å². The molecule has 2 aliphatic heterocycles. The molecule has 0 radical (unpaired) electrons. The number of para-hydroxylation sites is 1. The largest absolute Gasteiger partial charge is 0.467 e. The Morgan fingerprint density at radius 3 is 2.08 bits per heavy atom. The molecule has 0 unspecified atom stereocenters. The number of anilines is 1. The summed E-state index contributed by atoms with van der Waals surface area (Å²) in [5.74, 6) is -1.86. The van der Waals surface area contributed by atoms with Crippen molar-refractivity contribution in [1.82, 2.24) is 0 Å². The molecule has 7 heteroatoms. The molecule has 2 aliphatic rings. The van der Waals surface area contributed by atoms with Gasteiger partial charge in [-0.1, -0.05) is 84.9 Å². The SMILES string of the molecule is COC(=O)[C@@]1(Cc2ccccc2)N=C(c2ccccc2)O[C@]12C(=O)N(c1ccccc1)C(=O)c1ccccc12. The van der Waals surface area contributed by atoms with Crippen LogP contribution in [0.5, 0.6) is 0 Å². The third-order valence-electron chi connectivity index (χ3n) is 7.23. The lowest BCUT2D eigenvalue weighted by atomic mass is 9.68. The van der Waals surface area contributed by atoms with Gasteiger partial charge in [-0.05, 0) is 35.9 Å². The third kappa shape index (κ3) is 3.58. The molecule has 39 heavy (non-hydrogen) atoms. The number of aliphatic imine (C=N–C) groups is 1. The molecular formula is C32H24N2O5. The topological polar surface area (TPSA) is 85.3 Å². The van der Waals surface area contributed by atoms with Gasteiger partial charge in [-0.25, -0.2) is 14.7 Å². The van der Waals surface area contributed by atoms with E-state index < -0.39 is 28.9 Å². The average Bonchev–Trinajstić information content (AvgIpc) is 3.34. The molecule has 0 aliphatic carbocycles. The molecule has 0 saturated heterocycles. The van der Waals surface area contributed by atoms with Crippen LogP contribution in [0.25, 0.3) is 0 Å². The Morgan fingerprint density at radius 2 is 1.41 bits per heavy atom. The van der Waals surface area contributed by atoms with Gasteiger partial charge in [0.25, 0.3) is 17.4 Å². The summed E-state index contributed by atoms with van der Waals surface area (Å²) >= 11 is 0. The van der Waals surface area contributed by atoms with Crippen LogP contribution >= 0.6 is 0 Å². The molecule has 2 atom stereocenters. The first-order valence-electron chi connectivity index (χ1n) is 12.5. The van der Waals surface area contributed by atoms with Gasteiger partial charge in [0.15, 0.2) is 0 Å². The zero-order chi connectivity index (χ0) is 27.0. The van der Waals surface area contributed by atoms with Crippen LogP contribution in [0, 0.1) is 0 Å². The lowest BCUT2D eigenvalue weighted by Gasteiger charge is -2.45. The van der Waals surface area contributed by atoms with E-state index in [0.29, 0.717) is 11.3 Å². The van der Waals surface area contributed by atoms with Gasteiger partial charge in [-0.3, -0.25) is 9.59 Å². The smallest absolute Gasteiger partial charge is 0.339 e. The summed E-state index contributed by atoms with van der Waals surface area (Å²) in [6, 6.07) is 33.7. The van der Waals surface area contributed by atoms with Gasteiger partial charge in [0, 0.05) is 23.1 Å². The number of carbonyl (C=O) groups is 3. The molecule has 6 rings (SSSR count). The van der Waals surface area contributed by atoms with Crippen LogP contribution in [0.15, 0.2) is 120 Å². The minimum Gasteiger partial charge on any atom is -0.467 e. The first-order valence-corrected chi connectivity index (χ1v) is 12.5. The van der Waals surface area contributed by atoms with Gasteiger partial charge in [0.05, 0.1) is 12.8 Å². The lowest BCUT2D eigenvalue weighted by Crippen LogP contribution is -2.67. The molecule has 1 spiro atoms. The fraction of sp³-hybridized carbons (Fsp3) is 0.125. The third-order valence-corrected chi connectivity index (χ3v) is 7.23.